The minimum absolute atomic E-state index is 0.0596. The quantitative estimate of drug-likeness (QED) is 0.363. The summed E-state index contributed by atoms with van der Waals surface area (Å²) in [5.74, 6) is -1.82. The van der Waals surface area contributed by atoms with Gasteiger partial charge in [0.15, 0.2) is 17.3 Å². The molecule has 0 atom stereocenters. The van der Waals surface area contributed by atoms with Gasteiger partial charge in [-0.25, -0.2) is 4.68 Å². The first kappa shape index (κ1) is 18.2. The van der Waals surface area contributed by atoms with E-state index in [2.05, 4.69) is 5.10 Å². The lowest BCUT2D eigenvalue weighted by molar-refractivity contribution is -0.123. The highest BCUT2D eigenvalue weighted by molar-refractivity contribution is 6.34. The number of rotatable bonds is 5. The number of carbonyl (C=O) groups excluding carboxylic acids is 2. The van der Waals surface area contributed by atoms with Crippen molar-refractivity contribution < 1.29 is 24.2 Å². The van der Waals surface area contributed by atoms with Crippen LogP contribution >= 0.6 is 11.6 Å². The van der Waals surface area contributed by atoms with Gasteiger partial charge in [-0.05, 0) is 6.42 Å². The summed E-state index contributed by atoms with van der Waals surface area (Å²) in [5, 5.41) is 14.0. The van der Waals surface area contributed by atoms with Crippen LogP contribution in [0.5, 0.6) is 5.75 Å². The molecule has 1 heterocycles. The van der Waals surface area contributed by atoms with Crippen LogP contribution in [0.3, 0.4) is 0 Å². The molecule has 8 nitrogen and oxygen atoms in total. The molecule has 0 aliphatic heterocycles. The molecule has 24 heavy (non-hydrogen) atoms. The second-order valence-corrected chi connectivity index (χ2v) is 5.56. The first-order valence-corrected chi connectivity index (χ1v) is 7.64. The summed E-state index contributed by atoms with van der Waals surface area (Å²) in [5.41, 5.74) is -1.19. The number of ether oxygens (including phenoxy) is 2. The second kappa shape index (κ2) is 7.59. The van der Waals surface area contributed by atoms with E-state index < -0.39 is 22.9 Å². The molecule has 0 saturated heterocycles. The van der Waals surface area contributed by atoms with Gasteiger partial charge in [-0.15, -0.1) is 0 Å². The standard InChI is InChI=1S/C15H17ClN2O6/c1-18-15(22)14(24-7-6-23-2)11(16)12(17-18)13(21)10-8(19)4-3-5-9(10)20/h21H,3-7H2,1-2H3. The Labute approximate surface area is 142 Å². The molecule has 1 saturated carbocycles. The zero-order valence-electron chi connectivity index (χ0n) is 13.3. The zero-order valence-corrected chi connectivity index (χ0v) is 14.1. The average Bonchev–Trinajstić information content (AvgIpc) is 2.54. The van der Waals surface area contributed by atoms with E-state index in [9.17, 15) is 19.5 Å². The number of ketones is 2. The van der Waals surface area contributed by atoms with Crippen LogP contribution in [0.25, 0.3) is 5.76 Å². The predicted octanol–water partition coefficient (Wildman–Crippen LogP) is 1.05. The highest BCUT2D eigenvalue weighted by Gasteiger charge is 2.30. The molecule has 0 unspecified atom stereocenters. The van der Waals surface area contributed by atoms with Gasteiger partial charge in [0.2, 0.25) is 5.75 Å². The highest BCUT2D eigenvalue weighted by atomic mass is 35.5. The maximum atomic E-state index is 12.1. The molecular formula is C15H17ClN2O6. The highest BCUT2D eigenvalue weighted by Crippen LogP contribution is 2.31. The molecule has 1 aliphatic rings. The normalized spacial score (nSPS) is 14.9. The fourth-order valence-corrected chi connectivity index (χ4v) is 2.55. The number of aryl methyl sites for hydroxylation is 1. The van der Waals surface area contributed by atoms with Crippen molar-refractivity contribution >= 4 is 28.9 Å². The summed E-state index contributed by atoms with van der Waals surface area (Å²) in [6, 6.07) is 0. The summed E-state index contributed by atoms with van der Waals surface area (Å²) < 4.78 is 11.0. The molecule has 9 heteroatoms. The van der Waals surface area contributed by atoms with Crippen molar-refractivity contribution in [3.8, 4) is 5.75 Å². The Bertz CT molecular complexity index is 750. The Morgan fingerprint density at radius 3 is 2.46 bits per heavy atom. The number of aromatic nitrogens is 2. The Morgan fingerprint density at radius 2 is 1.88 bits per heavy atom. The van der Waals surface area contributed by atoms with Gasteiger partial charge in [0, 0.05) is 27.0 Å². The van der Waals surface area contributed by atoms with Crippen LogP contribution in [0.4, 0.5) is 0 Å². The lowest BCUT2D eigenvalue weighted by Gasteiger charge is -2.15. The number of Topliss-reactive ketones (excluding diaryl/α,β-unsaturated/α-hetero) is 2. The molecular weight excluding hydrogens is 340 g/mol. The van der Waals surface area contributed by atoms with Crippen molar-refractivity contribution in [1.29, 1.82) is 0 Å². The molecule has 1 aromatic heterocycles. The molecule has 0 spiro atoms. The van der Waals surface area contributed by atoms with Crippen molar-refractivity contribution in [3.05, 3.63) is 26.6 Å². The second-order valence-electron chi connectivity index (χ2n) is 5.19. The number of halogens is 1. The van der Waals surface area contributed by atoms with E-state index in [0.29, 0.717) is 6.42 Å². The van der Waals surface area contributed by atoms with Gasteiger partial charge >= 0.3 is 5.56 Å². The van der Waals surface area contributed by atoms with E-state index >= 15 is 0 Å². The number of methoxy groups -OCH3 is 1. The molecule has 1 aliphatic carbocycles. The number of aliphatic hydroxyl groups excluding tert-OH is 1. The van der Waals surface area contributed by atoms with Crippen molar-refractivity contribution in [1.82, 2.24) is 9.78 Å². The molecule has 0 amide bonds. The topological polar surface area (TPSA) is 108 Å². The van der Waals surface area contributed by atoms with Crippen LogP contribution in [-0.2, 0) is 21.4 Å². The first-order valence-electron chi connectivity index (χ1n) is 7.27. The average molecular weight is 357 g/mol. The van der Waals surface area contributed by atoms with Gasteiger partial charge in [0.1, 0.15) is 22.9 Å². The fraction of sp³-hybridized carbons (Fsp3) is 0.467. The van der Waals surface area contributed by atoms with Crippen LogP contribution < -0.4 is 10.3 Å². The third-order valence-corrected chi connectivity index (χ3v) is 3.86. The zero-order chi connectivity index (χ0) is 17.9. The van der Waals surface area contributed by atoms with Crippen LogP contribution in [0.1, 0.15) is 25.0 Å². The van der Waals surface area contributed by atoms with Crippen molar-refractivity contribution in [2.24, 2.45) is 7.05 Å². The van der Waals surface area contributed by atoms with E-state index in [0.717, 1.165) is 4.68 Å². The number of carbonyl (C=O) groups is 2. The summed E-state index contributed by atoms with van der Waals surface area (Å²) >= 11 is 6.12. The number of aliphatic hydroxyl groups is 1. The predicted molar refractivity (Wildman–Crippen MR) is 85.3 cm³/mol. The van der Waals surface area contributed by atoms with Gasteiger partial charge in [-0.2, -0.15) is 5.10 Å². The van der Waals surface area contributed by atoms with Crippen LogP contribution in [0.2, 0.25) is 5.02 Å². The van der Waals surface area contributed by atoms with E-state index in [4.69, 9.17) is 21.1 Å². The van der Waals surface area contributed by atoms with E-state index in [1.54, 1.807) is 0 Å². The van der Waals surface area contributed by atoms with Gasteiger partial charge in [0.05, 0.1) is 6.61 Å². The van der Waals surface area contributed by atoms with E-state index in [1.165, 1.54) is 14.2 Å². The molecule has 1 N–H and O–H groups in total. The summed E-state index contributed by atoms with van der Waals surface area (Å²) in [4.78, 5) is 36.0. The molecule has 0 aromatic carbocycles. The molecule has 0 bridgehead atoms. The Morgan fingerprint density at radius 1 is 1.25 bits per heavy atom. The van der Waals surface area contributed by atoms with E-state index in [1.807, 2.05) is 0 Å². The minimum atomic E-state index is -0.637. The maximum Gasteiger partial charge on any atom is 0.310 e. The largest absolute Gasteiger partial charge is 0.505 e. The molecule has 1 aromatic rings. The van der Waals surface area contributed by atoms with Crippen molar-refractivity contribution in [3.63, 3.8) is 0 Å². The van der Waals surface area contributed by atoms with Crippen LogP contribution in [-0.4, -0.2) is 46.8 Å². The Kier molecular flexibility index (Phi) is 5.74. The van der Waals surface area contributed by atoms with Crippen LogP contribution in [0.15, 0.2) is 10.4 Å². The molecule has 130 valence electrons. The minimum Gasteiger partial charge on any atom is -0.505 e. The van der Waals surface area contributed by atoms with Gasteiger partial charge in [0.25, 0.3) is 0 Å². The maximum absolute atomic E-state index is 12.1. The third-order valence-electron chi connectivity index (χ3n) is 3.51. The molecule has 0 radical (unpaired) electrons. The van der Waals surface area contributed by atoms with Gasteiger partial charge < -0.3 is 14.6 Å². The number of hydrogen-bond donors (Lipinski definition) is 1. The van der Waals surface area contributed by atoms with Crippen LogP contribution in [0, 0.1) is 0 Å². The monoisotopic (exact) mass is 356 g/mol. The fourth-order valence-electron chi connectivity index (χ4n) is 2.29. The van der Waals surface area contributed by atoms with Crippen molar-refractivity contribution in [2.45, 2.75) is 19.3 Å². The van der Waals surface area contributed by atoms with Gasteiger partial charge in [-0.3, -0.25) is 14.4 Å². The SMILES string of the molecule is COCCOc1c(Cl)c(C(O)=C2C(=O)CCCC2=O)nn(C)c1=O. The summed E-state index contributed by atoms with van der Waals surface area (Å²) in [7, 11) is 2.81. The number of hydrogen-bond acceptors (Lipinski definition) is 7. The number of allylic oxidation sites excluding steroid dienone is 1. The lowest BCUT2D eigenvalue weighted by Crippen LogP contribution is -2.26. The van der Waals surface area contributed by atoms with E-state index in [-0.39, 0.29) is 48.1 Å². The lowest BCUT2D eigenvalue weighted by atomic mass is 9.90. The first-order chi connectivity index (χ1) is 11.4. The molecule has 2 rings (SSSR count). The Hall–Kier alpha value is -2.19. The number of nitrogens with zero attached hydrogens (tertiary/aromatic N) is 2. The summed E-state index contributed by atoms with van der Waals surface area (Å²) in [6.07, 6.45) is 0.756. The molecule has 1 fully saturated rings. The Balaban J connectivity index is 2.56. The third kappa shape index (κ3) is 3.49. The van der Waals surface area contributed by atoms with Crippen molar-refractivity contribution in [2.75, 3.05) is 20.3 Å². The smallest absolute Gasteiger partial charge is 0.310 e. The summed E-state index contributed by atoms with van der Waals surface area (Å²) in [6.45, 7) is 0.283. The van der Waals surface area contributed by atoms with Gasteiger partial charge in [-0.1, -0.05) is 11.6 Å².